The summed E-state index contributed by atoms with van der Waals surface area (Å²) in [5, 5.41) is 8.53. The van der Waals surface area contributed by atoms with Crippen molar-refractivity contribution >= 4 is 5.52 Å². The van der Waals surface area contributed by atoms with E-state index in [1.54, 1.807) is 24.5 Å². The Morgan fingerprint density at radius 1 is 1.03 bits per heavy atom. The lowest BCUT2D eigenvalue weighted by atomic mass is 10.0. The van der Waals surface area contributed by atoms with Gasteiger partial charge in [-0.25, -0.2) is 8.91 Å². The van der Waals surface area contributed by atoms with Gasteiger partial charge in [0.05, 0.1) is 5.52 Å². The van der Waals surface area contributed by atoms with Crippen LogP contribution in [-0.2, 0) is 6.54 Å². The number of aromatic nitrogens is 3. The van der Waals surface area contributed by atoms with Gasteiger partial charge in [0.15, 0.2) is 0 Å². The molecule has 1 atom stereocenters. The first-order valence-corrected chi connectivity index (χ1v) is 10.3. The highest BCUT2D eigenvalue weighted by Gasteiger charge is 2.19. The Balaban J connectivity index is 1.53. The largest absolute Gasteiger partial charge is 0.309 e. The molecule has 0 radical (unpaired) electrons. The number of likely N-dealkylation sites (N-methyl/N-ethyl adjacent to an activating group) is 1. The van der Waals surface area contributed by atoms with Crippen LogP contribution in [0.15, 0.2) is 67.1 Å². The van der Waals surface area contributed by atoms with Crippen molar-refractivity contribution < 1.29 is 4.39 Å². The van der Waals surface area contributed by atoms with Crippen molar-refractivity contribution in [3.63, 3.8) is 0 Å². The number of nitrogens with zero attached hydrogens (tertiary/aromatic N) is 4. The van der Waals surface area contributed by atoms with Gasteiger partial charge < -0.3 is 10.2 Å². The van der Waals surface area contributed by atoms with Gasteiger partial charge in [-0.15, -0.1) is 0 Å². The van der Waals surface area contributed by atoms with Crippen molar-refractivity contribution in [2.45, 2.75) is 19.0 Å². The Labute approximate surface area is 175 Å². The highest BCUT2D eigenvalue weighted by molar-refractivity contribution is 5.92. The molecule has 4 heterocycles. The minimum atomic E-state index is -0.251. The first-order valence-electron chi connectivity index (χ1n) is 10.3. The Morgan fingerprint density at radius 2 is 1.83 bits per heavy atom. The zero-order valence-corrected chi connectivity index (χ0v) is 16.9. The molecular formula is C24H24FN5. The molecule has 152 valence electrons. The third kappa shape index (κ3) is 3.72. The minimum absolute atomic E-state index is 0.251. The van der Waals surface area contributed by atoms with E-state index in [9.17, 15) is 4.39 Å². The Bertz CT molecular complexity index is 1150. The monoisotopic (exact) mass is 401 g/mol. The van der Waals surface area contributed by atoms with E-state index in [1.165, 1.54) is 24.1 Å². The SMILES string of the molecule is CN1CC[C@H](NCc2ccc3c(-c4ccncc4)c(-c4ccc(F)cc4)nn3c2)C1. The lowest BCUT2D eigenvalue weighted by Gasteiger charge is -2.12. The minimum Gasteiger partial charge on any atom is -0.309 e. The summed E-state index contributed by atoms with van der Waals surface area (Å²) >= 11 is 0. The highest BCUT2D eigenvalue weighted by Crippen LogP contribution is 2.35. The number of likely N-dealkylation sites (tertiary alicyclic amines) is 1. The van der Waals surface area contributed by atoms with Crippen LogP contribution in [0.1, 0.15) is 12.0 Å². The standard InChI is InChI=1S/C24H24FN5/c1-29-13-10-21(16-29)27-14-17-2-7-22-23(18-8-11-26-12-9-18)24(28-30(22)15-17)19-3-5-20(25)6-4-19/h2-9,11-12,15,21,27H,10,13-14,16H2,1H3/t21-/m0/s1. The molecule has 1 N–H and O–H groups in total. The molecule has 5 rings (SSSR count). The van der Waals surface area contributed by atoms with Crippen molar-refractivity contribution in [2.75, 3.05) is 20.1 Å². The van der Waals surface area contributed by atoms with E-state index >= 15 is 0 Å². The number of nitrogens with one attached hydrogen (secondary N) is 1. The van der Waals surface area contributed by atoms with E-state index in [4.69, 9.17) is 5.10 Å². The third-order valence-electron chi connectivity index (χ3n) is 5.76. The number of fused-ring (bicyclic) bond motifs is 1. The first kappa shape index (κ1) is 18.9. The van der Waals surface area contributed by atoms with E-state index in [2.05, 4.69) is 40.6 Å². The predicted molar refractivity (Wildman–Crippen MR) is 117 cm³/mol. The van der Waals surface area contributed by atoms with Crippen LogP contribution in [0.5, 0.6) is 0 Å². The second kappa shape index (κ2) is 7.97. The van der Waals surface area contributed by atoms with Gasteiger partial charge in [0, 0.05) is 48.8 Å². The summed E-state index contributed by atoms with van der Waals surface area (Å²) in [5.74, 6) is -0.251. The summed E-state index contributed by atoms with van der Waals surface area (Å²) in [4.78, 5) is 6.49. The number of rotatable bonds is 5. The molecule has 0 amide bonds. The van der Waals surface area contributed by atoms with Gasteiger partial charge in [-0.3, -0.25) is 4.98 Å². The molecule has 3 aromatic heterocycles. The second-order valence-electron chi connectivity index (χ2n) is 7.96. The molecule has 4 aromatic rings. The van der Waals surface area contributed by atoms with Crippen molar-refractivity contribution in [1.29, 1.82) is 0 Å². The summed E-state index contributed by atoms with van der Waals surface area (Å²) in [5.41, 5.74) is 6.00. The third-order valence-corrected chi connectivity index (χ3v) is 5.76. The summed E-state index contributed by atoms with van der Waals surface area (Å²) in [6, 6.07) is 15.3. The quantitative estimate of drug-likeness (QED) is 0.549. The van der Waals surface area contributed by atoms with E-state index in [0.717, 1.165) is 47.5 Å². The lowest BCUT2D eigenvalue weighted by molar-refractivity contribution is 0.397. The molecule has 0 unspecified atom stereocenters. The summed E-state index contributed by atoms with van der Waals surface area (Å²) in [7, 11) is 2.16. The van der Waals surface area contributed by atoms with Gasteiger partial charge in [-0.05, 0) is 73.6 Å². The molecule has 1 aliphatic heterocycles. The molecule has 0 aliphatic carbocycles. The molecule has 0 saturated carbocycles. The van der Waals surface area contributed by atoms with Crippen LogP contribution in [0.3, 0.4) is 0 Å². The van der Waals surface area contributed by atoms with Crippen LogP contribution < -0.4 is 5.32 Å². The maximum Gasteiger partial charge on any atom is 0.123 e. The fourth-order valence-corrected chi connectivity index (χ4v) is 4.17. The fraction of sp³-hybridized carbons (Fsp3) is 0.250. The average Bonchev–Trinajstić information content (AvgIpc) is 3.36. The number of halogens is 1. The molecule has 0 spiro atoms. The van der Waals surface area contributed by atoms with Gasteiger partial charge in [0.1, 0.15) is 11.5 Å². The van der Waals surface area contributed by atoms with Crippen LogP contribution >= 0.6 is 0 Å². The van der Waals surface area contributed by atoms with Crippen LogP contribution in [0.4, 0.5) is 4.39 Å². The van der Waals surface area contributed by atoms with Gasteiger partial charge in [-0.2, -0.15) is 5.10 Å². The van der Waals surface area contributed by atoms with Gasteiger partial charge in [0.25, 0.3) is 0 Å². The van der Waals surface area contributed by atoms with E-state index < -0.39 is 0 Å². The number of hydrogen-bond donors (Lipinski definition) is 1. The second-order valence-corrected chi connectivity index (χ2v) is 7.96. The van der Waals surface area contributed by atoms with Crippen LogP contribution in [0.25, 0.3) is 27.9 Å². The van der Waals surface area contributed by atoms with Gasteiger partial charge in [0.2, 0.25) is 0 Å². The summed E-state index contributed by atoms with van der Waals surface area (Å²) in [6.07, 6.45) is 6.83. The Morgan fingerprint density at radius 3 is 2.57 bits per heavy atom. The molecule has 0 bridgehead atoms. The Hall–Kier alpha value is -3.09. The van der Waals surface area contributed by atoms with Crippen molar-refractivity contribution in [3.8, 4) is 22.4 Å². The zero-order valence-electron chi connectivity index (χ0n) is 16.9. The molecule has 1 aliphatic rings. The van der Waals surface area contributed by atoms with Crippen molar-refractivity contribution in [1.82, 2.24) is 24.8 Å². The van der Waals surface area contributed by atoms with E-state index in [1.807, 2.05) is 16.6 Å². The van der Waals surface area contributed by atoms with Crippen molar-refractivity contribution in [2.24, 2.45) is 0 Å². The van der Waals surface area contributed by atoms with Crippen LogP contribution in [0, 0.1) is 5.82 Å². The van der Waals surface area contributed by atoms with Crippen LogP contribution in [0.2, 0.25) is 0 Å². The topological polar surface area (TPSA) is 45.5 Å². The Kier molecular flexibility index (Phi) is 5.02. The van der Waals surface area contributed by atoms with Gasteiger partial charge >= 0.3 is 0 Å². The lowest BCUT2D eigenvalue weighted by Crippen LogP contribution is -2.31. The number of pyridine rings is 2. The predicted octanol–water partition coefficient (Wildman–Crippen LogP) is 4.00. The molecule has 1 fully saturated rings. The number of benzene rings is 1. The smallest absolute Gasteiger partial charge is 0.123 e. The zero-order chi connectivity index (χ0) is 20.5. The summed E-state index contributed by atoms with van der Waals surface area (Å²) < 4.78 is 15.4. The summed E-state index contributed by atoms with van der Waals surface area (Å²) in [6.45, 7) is 3.04. The molecular weight excluding hydrogens is 377 g/mol. The molecule has 5 nitrogen and oxygen atoms in total. The van der Waals surface area contributed by atoms with Crippen LogP contribution in [-0.4, -0.2) is 45.7 Å². The molecule has 30 heavy (non-hydrogen) atoms. The normalized spacial score (nSPS) is 17.1. The maximum absolute atomic E-state index is 13.5. The first-order chi connectivity index (χ1) is 14.7. The molecule has 6 heteroatoms. The average molecular weight is 401 g/mol. The van der Waals surface area contributed by atoms with E-state index in [-0.39, 0.29) is 5.82 Å². The highest BCUT2D eigenvalue weighted by atomic mass is 19.1. The molecule has 1 aromatic carbocycles. The molecule has 1 saturated heterocycles. The maximum atomic E-state index is 13.5. The van der Waals surface area contributed by atoms with Crippen molar-refractivity contribution in [3.05, 3.63) is 78.5 Å². The van der Waals surface area contributed by atoms with Gasteiger partial charge in [-0.1, -0.05) is 6.07 Å². The fourth-order valence-electron chi connectivity index (χ4n) is 4.17. The number of hydrogen-bond acceptors (Lipinski definition) is 4. The van der Waals surface area contributed by atoms with E-state index in [0.29, 0.717) is 6.04 Å².